The van der Waals surface area contributed by atoms with E-state index in [9.17, 15) is 19.6 Å². The lowest BCUT2D eigenvalue weighted by Gasteiger charge is -2.19. The monoisotopic (exact) mass is 454 g/mol. The summed E-state index contributed by atoms with van der Waals surface area (Å²) in [5.41, 5.74) is 2.36. The third-order valence-corrected chi connectivity index (χ3v) is 4.36. The zero-order valence-corrected chi connectivity index (χ0v) is 20.5. The summed E-state index contributed by atoms with van der Waals surface area (Å²) < 4.78 is 0. The predicted molar refractivity (Wildman–Crippen MR) is 138 cm³/mol. The van der Waals surface area contributed by atoms with Gasteiger partial charge in [0.25, 0.3) is 5.91 Å². The fourth-order valence-corrected chi connectivity index (χ4v) is 2.75. The lowest BCUT2D eigenvalue weighted by Crippen LogP contribution is -2.50. The molecule has 2 aromatic carbocycles. The maximum atomic E-state index is 12.3. The van der Waals surface area contributed by atoms with Gasteiger partial charge in [0.05, 0.1) is 12.5 Å². The summed E-state index contributed by atoms with van der Waals surface area (Å²) >= 11 is 0. The van der Waals surface area contributed by atoms with Gasteiger partial charge in [-0.05, 0) is 42.0 Å². The topological polar surface area (TPSA) is 98.7 Å². The van der Waals surface area contributed by atoms with Crippen LogP contribution < -0.4 is 10.6 Å². The van der Waals surface area contributed by atoms with Gasteiger partial charge in [0, 0.05) is 5.56 Å². The standard InChI is InChI=1S/C20H25BN2O4.C4H8.C2H6/c1-14(2)11-18(21(26)27)23-19(24)13-22-20(25)17-10-6-9-16(12-17)15-7-4-3-5-8-15;1-3-4-2;1-2/h3-10,12,14,18,26-27H,11,13H2,1-2H3,(H,22,25)(H,23,24);3H,1,4H2,2H3;1-2H3. The van der Waals surface area contributed by atoms with Gasteiger partial charge in [-0.2, -0.15) is 0 Å². The van der Waals surface area contributed by atoms with Crippen molar-refractivity contribution in [3.8, 4) is 11.1 Å². The van der Waals surface area contributed by atoms with E-state index in [2.05, 4.69) is 24.1 Å². The summed E-state index contributed by atoms with van der Waals surface area (Å²) in [6, 6.07) is 16.8. The molecule has 2 amide bonds. The minimum absolute atomic E-state index is 0.187. The van der Waals surface area contributed by atoms with E-state index in [1.165, 1.54) is 0 Å². The van der Waals surface area contributed by atoms with Crippen LogP contribution in [0.2, 0.25) is 0 Å². The van der Waals surface area contributed by atoms with Gasteiger partial charge in [-0.3, -0.25) is 9.59 Å². The van der Waals surface area contributed by atoms with Crippen LogP contribution in [-0.2, 0) is 4.79 Å². The number of amides is 2. The van der Waals surface area contributed by atoms with Crippen LogP contribution in [0.3, 0.4) is 0 Å². The normalized spacial score (nSPS) is 10.5. The molecule has 0 heterocycles. The Labute approximate surface area is 199 Å². The number of benzene rings is 2. The molecule has 6 nitrogen and oxygen atoms in total. The van der Waals surface area contributed by atoms with Crippen molar-refractivity contribution >= 4 is 18.9 Å². The Balaban J connectivity index is 0.00000154. The maximum absolute atomic E-state index is 12.3. The van der Waals surface area contributed by atoms with Gasteiger partial charge in [0.15, 0.2) is 0 Å². The Bertz CT molecular complexity index is 826. The van der Waals surface area contributed by atoms with E-state index in [1.54, 1.807) is 18.2 Å². The van der Waals surface area contributed by atoms with Crippen LogP contribution in [0.25, 0.3) is 11.1 Å². The zero-order valence-electron chi connectivity index (χ0n) is 20.5. The molecule has 0 aliphatic rings. The Kier molecular flexibility index (Phi) is 16.1. The molecule has 0 aromatic heterocycles. The van der Waals surface area contributed by atoms with Gasteiger partial charge in [-0.15, -0.1) is 6.58 Å². The van der Waals surface area contributed by atoms with Crippen molar-refractivity contribution in [2.75, 3.05) is 6.54 Å². The van der Waals surface area contributed by atoms with Crippen molar-refractivity contribution < 1.29 is 19.6 Å². The maximum Gasteiger partial charge on any atom is 0.475 e. The molecule has 0 spiro atoms. The average molecular weight is 454 g/mol. The van der Waals surface area contributed by atoms with Crippen molar-refractivity contribution in [3.05, 3.63) is 72.8 Å². The third kappa shape index (κ3) is 12.7. The summed E-state index contributed by atoms with van der Waals surface area (Å²) in [6.45, 7) is 13.1. The minimum atomic E-state index is -1.64. The van der Waals surface area contributed by atoms with E-state index < -0.39 is 19.0 Å². The van der Waals surface area contributed by atoms with Gasteiger partial charge in [-0.1, -0.05) is 83.2 Å². The van der Waals surface area contributed by atoms with Crippen LogP contribution in [0.15, 0.2) is 67.3 Å². The summed E-state index contributed by atoms with van der Waals surface area (Å²) in [4.78, 5) is 24.4. The summed E-state index contributed by atoms with van der Waals surface area (Å²) in [5, 5.41) is 23.8. The third-order valence-electron chi connectivity index (χ3n) is 4.36. The number of rotatable bonds is 9. The predicted octanol–water partition coefficient (Wildman–Crippen LogP) is 4.23. The van der Waals surface area contributed by atoms with Crippen LogP contribution in [-0.4, -0.2) is 41.5 Å². The first-order valence-electron chi connectivity index (χ1n) is 11.5. The van der Waals surface area contributed by atoms with E-state index >= 15 is 0 Å². The highest BCUT2D eigenvalue weighted by Gasteiger charge is 2.26. The molecule has 1 unspecified atom stereocenters. The largest absolute Gasteiger partial charge is 0.475 e. The SMILES string of the molecule is C=CCC.CC.CC(C)CC(NC(=O)CNC(=O)c1cccc(-c2ccccc2)c1)B(O)O. The number of hydrogen-bond donors (Lipinski definition) is 4. The Morgan fingerprint density at radius 1 is 1.03 bits per heavy atom. The first-order chi connectivity index (χ1) is 15.8. The lowest BCUT2D eigenvalue weighted by molar-refractivity contribution is -0.120. The molecule has 0 fully saturated rings. The number of carbonyl (C=O) groups is 2. The van der Waals surface area contributed by atoms with Crippen LogP contribution in [0.4, 0.5) is 0 Å². The molecule has 0 aliphatic carbocycles. The summed E-state index contributed by atoms with van der Waals surface area (Å²) in [7, 11) is -1.64. The molecular formula is C26H39BN2O4. The average Bonchev–Trinajstić information content (AvgIpc) is 2.83. The molecule has 0 saturated carbocycles. The molecule has 180 valence electrons. The van der Waals surface area contributed by atoms with Crippen molar-refractivity contribution in [1.29, 1.82) is 0 Å². The summed E-state index contributed by atoms with van der Waals surface area (Å²) in [5.74, 6) is -1.42. The quantitative estimate of drug-likeness (QED) is 0.337. The van der Waals surface area contributed by atoms with E-state index in [1.807, 2.05) is 70.2 Å². The highest BCUT2D eigenvalue weighted by Crippen LogP contribution is 2.19. The second-order valence-corrected chi connectivity index (χ2v) is 7.54. The van der Waals surface area contributed by atoms with E-state index in [0.717, 1.165) is 17.5 Å². The van der Waals surface area contributed by atoms with Gasteiger partial charge in [0.1, 0.15) is 0 Å². The molecular weight excluding hydrogens is 415 g/mol. The molecule has 1 atom stereocenters. The molecule has 0 bridgehead atoms. The van der Waals surface area contributed by atoms with Crippen molar-refractivity contribution in [2.24, 2.45) is 5.92 Å². The van der Waals surface area contributed by atoms with E-state index in [0.29, 0.717) is 12.0 Å². The highest BCUT2D eigenvalue weighted by molar-refractivity contribution is 6.43. The van der Waals surface area contributed by atoms with Crippen LogP contribution in [0.1, 0.15) is 57.8 Å². The van der Waals surface area contributed by atoms with Crippen LogP contribution in [0, 0.1) is 5.92 Å². The fourth-order valence-electron chi connectivity index (χ4n) is 2.75. The molecule has 0 radical (unpaired) electrons. The smallest absolute Gasteiger partial charge is 0.426 e. The Morgan fingerprint density at radius 2 is 1.61 bits per heavy atom. The first-order valence-corrected chi connectivity index (χ1v) is 11.5. The lowest BCUT2D eigenvalue weighted by atomic mass is 9.75. The van der Waals surface area contributed by atoms with Crippen LogP contribution >= 0.6 is 0 Å². The van der Waals surface area contributed by atoms with Gasteiger partial charge in [0.2, 0.25) is 5.91 Å². The van der Waals surface area contributed by atoms with E-state index in [4.69, 9.17) is 0 Å². The first kappa shape index (κ1) is 30.1. The Hall–Kier alpha value is -2.90. The second kappa shape index (κ2) is 17.6. The second-order valence-electron chi connectivity index (χ2n) is 7.54. The zero-order chi connectivity index (χ0) is 25.2. The number of hydrogen-bond acceptors (Lipinski definition) is 4. The van der Waals surface area contributed by atoms with Gasteiger partial charge >= 0.3 is 7.12 Å². The highest BCUT2D eigenvalue weighted by atomic mass is 16.4. The molecule has 2 rings (SSSR count). The molecule has 0 saturated heterocycles. The van der Waals surface area contributed by atoms with Gasteiger partial charge < -0.3 is 20.7 Å². The Morgan fingerprint density at radius 3 is 2.12 bits per heavy atom. The molecule has 2 aromatic rings. The number of nitrogens with one attached hydrogen (secondary N) is 2. The minimum Gasteiger partial charge on any atom is -0.426 e. The van der Waals surface area contributed by atoms with Crippen molar-refractivity contribution in [3.63, 3.8) is 0 Å². The number of allylic oxidation sites excluding steroid dienone is 1. The van der Waals surface area contributed by atoms with E-state index in [-0.39, 0.29) is 18.4 Å². The summed E-state index contributed by atoms with van der Waals surface area (Å²) in [6.07, 6.45) is 3.39. The van der Waals surface area contributed by atoms with Gasteiger partial charge in [-0.25, -0.2) is 0 Å². The molecule has 7 heteroatoms. The fraction of sp³-hybridized carbons (Fsp3) is 0.385. The molecule has 0 aliphatic heterocycles. The number of carbonyl (C=O) groups excluding carboxylic acids is 2. The van der Waals surface area contributed by atoms with Crippen LogP contribution in [0.5, 0.6) is 0 Å². The molecule has 33 heavy (non-hydrogen) atoms. The van der Waals surface area contributed by atoms with Crippen molar-refractivity contribution in [1.82, 2.24) is 10.6 Å². The molecule has 4 N–H and O–H groups in total. The van der Waals surface area contributed by atoms with Crippen molar-refractivity contribution in [2.45, 2.75) is 53.4 Å².